The summed E-state index contributed by atoms with van der Waals surface area (Å²) < 4.78 is 5.68. The molecule has 1 aliphatic rings. The number of piperidine rings is 1. The first-order chi connectivity index (χ1) is 9.24. The third kappa shape index (κ3) is 4.91. The highest BCUT2D eigenvalue weighted by molar-refractivity contribution is 5.67. The standard InChI is InChI=1S/C15H21NO3/c17-15(18)12-13-4-6-14(7-5-13)19-11-10-16-8-2-1-3-9-16/h4-7H,1-3,8-12H2,(H,17,18). The molecule has 1 aromatic rings. The first-order valence-electron chi connectivity index (χ1n) is 6.99. The highest BCUT2D eigenvalue weighted by Crippen LogP contribution is 2.12. The zero-order chi connectivity index (χ0) is 13.5. The van der Waals surface area contributed by atoms with Gasteiger partial charge >= 0.3 is 0 Å². The van der Waals surface area contributed by atoms with Crippen LogP contribution in [0.25, 0.3) is 0 Å². The van der Waals surface area contributed by atoms with Crippen LogP contribution in [0.5, 0.6) is 5.75 Å². The summed E-state index contributed by atoms with van der Waals surface area (Å²) >= 11 is 0. The molecule has 0 spiro atoms. The van der Waals surface area contributed by atoms with E-state index in [1.807, 2.05) is 12.1 Å². The fourth-order valence-corrected chi connectivity index (χ4v) is 2.49. The van der Waals surface area contributed by atoms with Crippen molar-refractivity contribution < 1.29 is 19.5 Å². The van der Waals surface area contributed by atoms with Gasteiger partial charge in [-0.25, -0.2) is 0 Å². The van der Waals surface area contributed by atoms with Crippen molar-refractivity contribution in [2.75, 3.05) is 26.2 Å². The summed E-state index contributed by atoms with van der Waals surface area (Å²) in [5.41, 5.74) is 0.744. The average molecular weight is 263 g/mol. The number of aliphatic carboxylic acids is 1. The number of carbonyl (C=O) groups excluding carboxylic acids is 1. The van der Waals surface area contributed by atoms with Crippen LogP contribution in [0.1, 0.15) is 24.8 Å². The lowest BCUT2D eigenvalue weighted by Gasteiger charge is -2.23. The van der Waals surface area contributed by atoms with Gasteiger partial charge in [-0.1, -0.05) is 12.1 Å². The van der Waals surface area contributed by atoms with Gasteiger partial charge in [0.15, 0.2) is 0 Å². The van der Waals surface area contributed by atoms with Gasteiger partial charge in [0.25, 0.3) is 0 Å². The lowest BCUT2D eigenvalue weighted by molar-refractivity contribution is -0.904. The molecule has 0 radical (unpaired) electrons. The molecule has 0 bridgehead atoms. The zero-order valence-corrected chi connectivity index (χ0v) is 11.2. The Morgan fingerprint density at radius 2 is 1.84 bits per heavy atom. The van der Waals surface area contributed by atoms with Gasteiger partial charge in [0.2, 0.25) is 0 Å². The Hall–Kier alpha value is -1.55. The number of carbonyl (C=O) groups is 1. The van der Waals surface area contributed by atoms with E-state index < -0.39 is 5.97 Å². The molecule has 0 amide bonds. The third-order valence-corrected chi connectivity index (χ3v) is 3.56. The molecule has 19 heavy (non-hydrogen) atoms. The van der Waals surface area contributed by atoms with Gasteiger partial charge in [-0.3, -0.25) is 0 Å². The van der Waals surface area contributed by atoms with Crippen molar-refractivity contribution in [1.82, 2.24) is 0 Å². The van der Waals surface area contributed by atoms with E-state index in [1.165, 1.54) is 32.4 Å². The van der Waals surface area contributed by atoms with Crippen molar-refractivity contribution in [2.45, 2.75) is 25.7 Å². The van der Waals surface area contributed by atoms with Gasteiger partial charge in [0, 0.05) is 12.4 Å². The monoisotopic (exact) mass is 263 g/mol. The number of hydrogen-bond donors (Lipinski definition) is 1. The summed E-state index contributed by atoms with van der Waals surface area (Å²) in [7, 11) is 0. The Bertz CT molecular complexity index is 396. The van der Waals surface area contributed by atoms with E-state index in [1.54, 1.807) is 17.0 Å². The van der Waals surface area contributed by atoms with Gasteiger partial charge in [0.05, 0.1) is 13.1 Å². The molecule has 0 atom stereocenters. The Balaban J connectivity index is 1.71. The minimum absolute atomic E-state index is 0.0434. The fourth-order valence-electron chi connectivity index (χ4n) is 2.49. The topological polar surface area (TPSA) is 53.8 Å². The Morgan fingerprint density at radius 3 is 2.47 bits per heavy atom. The van der Waals surface area contributed by atoms with Crippen molar-refractivity contribution in [3.05, 3.63) is 29.8 Å². The van der Waals surface area contributed by atoms with Crippen molar-refractivity contribution in [1.29, 1.82) is 0 Å². The quantitative estimate of drug-likeness (QED) is 0.747. The van der Waals surface area contributed by atoms with Crippen molar-refractivity contribution >= 4 is 5.97 Å². The Kier molecular flexibility index (Phi) is 5.21. The SMILES string of the molecule is O=C([O-])Cc1ccc(OCC[NH+]2CCCCC2)cc1. The zero-order valence-electron chi connectivity index (χ0n) is 11.2. The number of ether oxygens (including phenoxy) is 1. The molecule has 2 rings (SSSR count). The maximum atomic E-state index is 10.5. The van der Waals surface area contributed by atoms with E-state index in [0.717, 1.165) is 24.5 Å². The maximum absolute atomic E-state index is 10.5. The number of benzene rings is 1. The lowest BCUT2D eigenvalue weighted by Crippen LogP contribution is -3.13. The largest absolute Gasteiger partial charge is 0.550 e. The normalized spacial score (nSPS) is 16.2. The van der Waals surface area contributed by atoms with Crippen LogP contribution in [0.3, 0.4) is 0 Å². The number of carboxylic acid groups (broad SMARTS) is 1. The van der Waals surface area contributed by atoms with E-state index in [0.29, 0.717) is 0 Å². The van der Waals surface area contributed by atoms with E-state index in [2.05, 4.69) is 0 Å². The maximum Gasteiger partial charge on any atom is 0.137 e. The highest BCUT2D eigenvalue weighted by atomic mass is 16.5. The number of hydrogen-bond acceptors (Lipinski definition) is 3. The van der Waals surface area contributed by atoms with E-state index in [4.69, 9.17) is 4.74 Å². The summed E-state index contributed by atoms with van der Waals surface area (Å²) in [5, 5.41) is 10.5. The molecule has 1 heterocycles. The number of likely N-dealkylation sites (tertiary alicyclic amines) is 1. The van der Waals surface area contributed by atoms with Crippen LogP contribution in [0.15, 0.2) is 24.3 Å². The second-order valence-corrected chi connectivity index (χ2v) is 5.10. The van der Waals surface area contributed by atoms with Crippen LogP contribution in [-0.4, -0.2) is 32.2 Å². The molecule has 4 nitrogen and oxygen atoms in total. The average Bonchev–Trinajstić information content (AvgIpc) is 2.41. The van der Waals surface area contributed by atoms with Gasteiger partial charge in [-0.2, -0.15) is 0 Å². The van der Waals surface area contributed by atoms with Crippen molar-refractivity contribution in [2.24, 2.45) is 0 Å². The fraction of sp³-hybridized carbons (Fsp3) is 0.533. The van der Waals surface area contributed by atoms with Crippen molar-refractivity contribution in [3.8, 4) is 5.75 Å². The van der Waals surface area contributed by atoms with Crippen LogP contribution >= 0.6 is 0 Å². The first-order valence-corrected chi connectivity index (χ1v) is 6.99. The molecule has 1 aromatic carbocycles. The molecule has 1 aliphatic heterocycles. The Morgan fingerprint density at radius 1 is 1.16 bits per heavy atom. The van der Waals surface area contributed by atoms with Gasteiger partial charge in [-0.15, -0.1) is 0 Å². The number of quaternary nitrogens is 1. The minimum Gasteiger partial charge on any atom is -0.550 e. The minimum atomic E-state index is -1.05. The number of rotatable bonds is 6. The molecule has 1 N–H and O–H groups in total. The molecule has 1 fully saturated rings. The molecule has 4 heteroatoms. The first kappa shape index (κ1) is 13.9. The summed E-state index contributed by atoms with van der Waals surface area (Å²) in [5.74, 6) is -0.249. The van der Waals surface area contributed by atoms with Crippen LogP contribution in [0.4, 0.5) is 0 Å². The lowest BCUT2D eigenvalue weighted by atomic mass is 10.1. The molecule has 0 aliphatic carbocycles. The van der Waals surface area contributed by atoms with Crippen LogP contribution in [-0.2, 0) is 11.2 Å². The Labute approximate surface area is 114 Å². The predicted octanol–water partition coefficient (Wildman–Crippen LogP) is -0.573. The predicted molar refractivity (Wildman–Crippen MR) is 70.1 cm³/mol. The third-order valence-electron chi connectivity index (χ3n) is 3.56. The van der Waals surface area contributed by atoms with Gasteiger partial charge in [0.1, 0.15) is 18.9 Å². The summed E-state index contributed by atoms with van der Waals surface area (Å²) in [6.45, 7) is 4.28. The molecule has 104 valence electrons. The number of carboxylic acids is 1. The van der Waals surface area contributed by atoms with Gasteiger partial charge in [-0.05, 0) is 37.0 Å². The highest BCUT2D eigenvalue weighted by Gasteiger charge is 2.12. The van der Waals surface area contributed by atoms with Crippen LogP contribution in [0.2, 0.25) is 0 Å². The molecule has 0 saturated carbocycles. The molecular formula is C15H21NO3. The van der Waals surface area contributed by atoms with Crippen LogP contribution in [0, 0.1) is 0 Å². The number of nitrogens with one attached hydrogen (secondary N) is 1. The van der Waals surface area contributed by atoms with E-state index in [-0.39, 0.29) is 6.42 Å². The second kappa shape index (κ2) is 7.14. The molecule has 0 aromatic heterocycles. The summed E-state index contributed by atoms with van der Waals surface area (Å²) in [6, 6.07) is 7.20. The summed E-state index contributed by atoms with van der Waals surface area (Å²) in [6.07, 6.45) is 3.98. The van der Waals surface area contributed by atoms with Crippen molar-refractivity contribution in [3.63, 3.8) is 0 Å². The van der Waals surface area contributed by atoms with E-state index in [9.17, 15) is 9.90 Å². The summed E-state index contributed by atoms with van der Waals surface area (Å²) in [4.78, 5) is 12.1. The molecule has 0 unspecified atom stereocenters. The smallest absolute Gasteiger partial charge is 0.137 e. The molecule has 1 saturated heterocycles. The second-order valence-electron chi connectivity index (χ2n) is 5.10. The van der Waals surface area contributed by atoms with Crippen LogP contribution < -0.4 is 14.7 Å². The van der Waals surface area contributed by atoms with E-state index >= 15 is 0 Å². The van der Waals surface area contributed by atoms with Gasteiger partial charge < -0.3 is 19.5 Å². The molecular weight excluding hydrogens is 242 g/mol.